The molecule has 1 amide bonds. The Kier molecular flexibility index (Phi) is 12.7. The van der Waals surface area contributed by atoms with Crippen molar-refractivity contribution in [2.75, 3.05) is 51.3 Å². The molecule has 2 heterocycles. The van der Waals surface area contributed by atoms with E-state index in [2.05, 4.69) is 22.9 Å². The topological polar surface area (TPSA) is 69.0 Å². The molecule has 5 rings (SSSR count). The molecule has 220 valence electrons. The van der Waals surface area contributed by atoms with E-state index in [0.29, 0.717) is 32.9 Å². The van der Waals surface area contributed by atoms with Crippen molar-refractivity contribution in [1.82, 2.24) is 9.80 Å². The summed E-state index contributed by atoms with van der Waals surface area (Å²) in [5.41, 5.74) is 2.17. The third kappa shape index (κ3) is 8.71. The largest absolute Gasteiger partial charge is 0.494 e. The van der Waals surface area contributed by atoms with Gasteiger partial charge in [-0.15, -0.1) is 24.8 Å². The summed E-state index contributed by atoms with van der Waals surface area (Å²) in [5, 5.41) is 8.93. The molecule has 0 saturated carbocycles. The second kappa shape index (κ2) is 15.9. The Labute approximate surface area is 268 Å². The fraction of sp³-hybridized carbons (Fsp3) is 0.258. The van der Waals surface area contributed by atoms with Crippen LogP contribution >= 0.6 is 48.8 Å². The van der Waals surface area contributed by atoms with Gasteiger partial charge in [0.05, 0.1) is 28.8 Å². The molecule has 0 aliphatic carbocycles. The average molecular weight is 644 g/mol. The van der Waals surface area contributed by atoms with Crippen LogP contribution in [0.25, 0.3) is 6.08 Å². The van der Waals surface area contributed by atoms with Crippen molar-refractivity contribution in [1.29, 1.82) is 5.26 Å². The second-order valence-corrected chi connectivity index (χ2v) is 11.3. The third-order valence-corrected chi connectivity index (χ3v) is 8.07. The summed E-state index contributed by atoms with van der Waals surface area (Å²) in [7, 11) is 2.17. The number of nitrogens with zero attached hydrogens (tertiary/aromatic N) is 4. The molecule has 2 aliphatic rings. The molecule has 7 nitrogen and oxygen atoms in total. The van der Waals surface area contributed by atoms with Gasteiger partial charge in [0.1, 0.15) is 17.2 Å². The molecule has 0 unspecified atom stereocenters. The number of likely N-dealkylation sites (N-methyl/N-ethyl adjacent to an activating group) is 1. The monoisotopic (exact) mass is 642 g/mol. The summed E-state index contributed by atoms with van der Waals surface area (Å²) in [4.78, 5) is 20.2. The van der Waals surface area contributed by atoms with Crippen molar-refractivity contribution >= 4 is 70.8 Å². The van der Waals surface area contributed by atoms with Crippen LogP contribution in [-0.2, 0) is 4.79 Å². The van der Waals surface area contributed by atoms with Gasteiger partial charge in [0.25, 0.3) is 5.91 Å². The van der Waals surface area contributed by atoms with E-state index >= 15 is 0 Å². The quantitative estimate of drug-likeness (QED) is 0.147. The lowest BCUT2D eigenvalue weighted by molar-refractivity contribution is -0.113. The van der Waals surface area contributed by atoms with Gasteiger partial charge in [-0.1, -0.05) is 36.1 Å². The minimum atomic E-state index is -0.145. The Morgan fingerprint density at radius 1 is 0.905 bits per heavy atom. The highest BCUT2D eigenvalue weighted by Crippen LogP contribution is 2.36. The fourth-order valence-electron chi connectivity index (χ4n) is 4.45. The van der Waals surface area contributed by atoms with Gasteiger partial charge in [-0.2, -0.15) is 5.26 Å². The summed E-state index contributed by atoms with van der Waals surface area (Å²) in [6.07, 6.45) is 2.82. The molecule has 3 aromatic rings. The smallest absolute Gasteiger partial charge is 0.270 e. The Balaban J connectivity index is 0.00000242. The number of hydrogen-bond donors (Lipinski definition) is 0. The zero-order chi connectivity index (χ0) is 27.9. The number of amides is 1. The number of thiocarbonyl (C=S) groups is 1. The highest BCUT2D eigenvalue weighted by Gasteiger charge is 2.33. The number of nitriles is 1. The fourth-order valence-corrected chi connectivity index (χ4v) is 5.75. The number of ether oxygens (including phenoxy) is 2. The lowest BCUT2D eigenvalue weighted by atomic mass is 10.2. The SMILES string of the molecule is CN1CCN(CCCOc2ccc(N3C(=O)C(=Cc4ccc(Oc5ccc(C#N)cc5)cc4)SC3=S)cc2)CC1.Cl.Cl. The lowest BCUT2D eigenvalue weighted by Gasteiger charge is -2.32. The van der Waals surface area contributed by atoms with E-state index in [9.17, 15) is 4.79 Å². The van der Waals surface area contributed by atoms with Crippen molar-refractivity contribution in [2.24, 2.45) is 0 Å². The van der Waals surface area contributed by atoms with Crippen LogP contribution in [0.1, 0.15) is 17.5 Å². The van der Waals surface area contributed by atoms with Crippen LogP contribution in [0.15, 0.2) is 77.7 Å². The van der Waals surface area contributed by atoms with E-state index in [1.54, 1.807) is 29.2 Å². The highest BCUT2D eigenvalue weighted by molar-refractivity contribution is 8.27. The molecule has 2 aliphatic heterocycles. The van der Waals surface area contributed by atoms with E-state index in [1.165, 1.54) is 11.8 Å². The number of halogens is 2. The second-order valence-electron chi connectivity index (χ2n) is 9.67. The first kappa shape index (κ1) is 33.4. The molecule has 0 aromatic heterocycles. The van der Waals surface area contributed by atoms with Crippen molar-refractivity contribution in [3.8, 4) is 23.3 Å². The minimum absolute atomic E-state index is 0. The molecule has 0 spiro atoms. The van der Waals surface area contributed by atoms with Crippen LogP contribution < -0.4 is 14.4 Å². The Morgan fingerprint density at radius 2 is 1.50 bits per heavy atom. The van der Waals surface area contributed by atoms with E-state index in [-0.39, 0.29) is 30.7 Å². The molecule has 3 aromatic carbocycles. The summed E-state index contributed by atoms with van der Waals surface area (Å²) in [5.74, 6) is 1.95. The lowest BCUT2D eigenvalue weighted by Crippen LogP contribution is -2.44. The number of thioether (sulfide) groups is 1. The minimum Gasteiger partial charge on any atom is -0.494 e. The van der Waals surface area contributed by atoms with Crippen LogP contribution in [0.2, 0.25) is 0 Å². The maximum Gasteiger partial charge on any atom is 0.270 e. The van der Waals surface area contributed by atoms with Crippen molar-refractivity contribution in [3.63, 3.8) is 0 Å². The first-order valence-electron chi connectivity index (χ1n) is 13.2. The molecule has 2 saturated heterocycles. The van der Waals surface area contributed by atoms with Gasteiger partial charge in [0, 0.05) is 32.7 Å². The summed E-state index contributed by atoms with van der Waals surface area (Å²) in [6, 6.07) is 24.0. The van der Waals surface area contributed by atoms with E-state index in [1.807, 2.05) is 54.6 Å². The van der Waals surface area contributed by atoms with Gasteiger partial charge in [-0.3, -0.25) is 9.69 Å². The zero-order valence-electron chi connectivity index (χ0n) is 23.1. The Morgan fingerprint density at radius 3 is 2.12 bits per heavy atom. The van der Waals surface area contributed by atoms with Crippen LogP contribution in [0.5, 0.6) is 17.2 Å². The van der Waals surface area contributed by atoms with Crippen LogP contribution in [0, 0.1) is 11.3 Å². The van der Waals surface area contributed by atoms with Crippen molar-refractivity contribution < 1.29 is 14.3 Å². The molecular weight excluding hydrogens is 611 g/mol. The number of benzene rings is 3. The summed E-state index contributed by atoms with van der Waals surface area (Å²) < 4.78 is 12.3. The number of anilines is 1. The molecular formula is C31H32Cl2N4O3S2. The third-order valence-electron chi connectivity index (χ3n) is 6.77. The molecule has 2 fully saturated rings. The number of carbonyl (C=O) groups excluding carboxylic acids is 1. The predicted molar refractivity (Wildman–Crippen MR) is 178 cm³/mol. The van der Waals surface area contributed by atoms with Gasteiger partial charge < -0.3 is 19.3 Å². The van der Waals surface area contributed by atoms with E-state index < -0.39 is 0 Å². The summed E-state index contributed by atoms with van der Waals surface area (Å²) in [6.45, 7) is 6.17. The Hall–Kier alpha value is -3.10. The van der Waals surface area contributed by atoms with Crippen LogP contribution in [-0.4, -0.2) is 66.4 Å². The van der Waals surface area contributed by atoms with Gasteiger partial charge >= 0.3 is 0 Å². The average Bonchev–Trinajstić information content (AvgIpc) is 3.26. The number of rotatable bonds is 9. The van der Waals surface area contributed by atoms with E-state index in [0.717, 1.165) is 56.1 Å². The summed E-state index contributed by atoms with van der Waals surface area (Å²) >= 11 is 6.83. The molecule has 42 heavy (non-hydrogen) atoms. The predicted octanol–water partition coefficient (Wildman–Crippen LogP) is 6.62. The van der Waals surface area contributed by atoms with Gasteiger partial charge in [0.15, 0.2) is 4.32 Å². The molecule has 0 radical (unpaired) electrons. The zero-order valence-corrected chi connectivity index (χ0v) is 26.4. The first-order valence-corrected chi connectivity index (χ1v) is 14.4. The maximum absolute atomic E-state index is 13.2. The van der Waals surface area contributed by atoms with Crippen molar-refractivity contribution in [2.45, 2.75) is 6.42 Å². The standard InChI is InChI=1S/C31H30N4O3S2.2ClH/c1-33-16-18-34(19-17-33)15-2-20-37-26-13-7-25(8-14-26)35-30(36)29(40-31(35)39)21-23-3-9-27(10-4-23)38-28-11-5-24(22-32)6-12-28;;/h3-14,21H,2,15-20H2,1H3;2*1H. The highest BCUT2D eigenvalue weighted by atomic mass is 35.5. The number of hydrogen-bond acceptors (Lipinski definition) is 8. The van der Waals surface area contributed by atoms with Gasteiger partial charge in [-0.25, -0.2) is 0 Å². The molecule has 0 N–H and O–H groups in total. The molecule has 11 heteroatoms. The van der Waals surface area contributed by atoms with Gasteiger partial charge in [0.2, 0.25) is 0 Å². The van der Waals surface area contributed by atoms with E-state index in [4.69, 9.17) is 27.0 Å². The normalized spacial score (nSPS) is 16.5. The molecule has 0 bridgehead atoms. The van der Waals surface area contributed by atoms with Crippen LogP contribution in [0.3, 0.4) is 0 Å². The van der Waals surface area contributed by atoms with Crippen molar-refractivity contribution in [3.05, 3.63) is 88.8 Å². The number of piperazine rings is 1. The number of carbonyl (C=O) groups is 1. The first-order chi connectivity index (χ1) is 19.5. The molecule has 0 atom stereocenters. The van der Waals surface area contributed by atoms with Crippen LogP contribution in [0.4, 0.5) is 5.69 Å². The van der Waals surface area contributed by atoms with Gasteiger partial charge in [-0.05, 0) is 85.8 Å². The Bertz CT molecular complexity index is 1420. The maximum atomic E-state index is 13.2.